The highest BCUT2D eigenvalue weighted by atomic mass is 16.7. The molecule has 3 aliphatic heterocycles. The molecule has 2 N–H and O–H groups in total. The smallest absolute Gasteiger partial charge is 0.310 e. The Kier molecular flexibility index (Phi) is 1.32. The Hall–Kier alpha value is -1.14. The van der Waals surface area contributed by atoms with Crippen molar-refractivity contribution < 1.29 is 29.3 Å². The number of hydrogen-bond donors (Lipinski definition) is 2. The van der Waals surface area contributed by atoms with Crippen LogP contribution in [-0.4, -0.2) is 46.6 Å². The summed E-state index contributed by atoms with van der Waals surface area (Å²) in [5, 5.41) is 17.8. The lowest BCUT2D eigenvalue weighted by Gasteiger charge is -2.17. The van der Waals surface area contributed by atoms with Crippen LogP contribution in [-0.2, 0) is 19.1 Å². The molecule has 0 spiro atoms. The number of hydrogen-bond acceptors (Lipinski definition) is 4. The average molecular weight is 200 g/mol. The van der Waals surface area contributed by atoms with Crippen LogP contribution in [0.25, 0.3) is 0 Å². The maximum Gasteiger partial charge on any atom is 0.310 e. The molecule has 2 bridgehead atoms. The third-order valence-electron chi connectivity index (χ3n) is 3.19. The molecule has 3 aliphatic rings. The number of epoxide rings is 1. The van der Waals surface area contributed by atoms with Gasteiger partial charge in [0.2, 0.25) is 0 Å². The Morgan fingerprint density at radius 2 is 1.14 bits per heavy atom. The van der Waals surface area contributed by atoms with E-state index in [0.717, 1.165) is 0 Å². The van der Waals surface area contributed by atoms with Crippen LogP contribution in [0.3, 0.4) is 0 Å². The molecule has 76 valence electrons. The van der Waals surface area contributed by atoms with Crippen molar-refractivity contribution in [1.29, 1.82) is 0 Å². The minimum absolute atomic E-state index is 0.184. The highest BCUT2D eigenvalue weighted by Crippen LogP contribution is 2.53. The van der Waals surface area contributed by atoms with E-state index in [4.69, 9.17) is 19.7 Å². The minimum atomic E-state index is -1.11. The number of rotatable bonds is 2. The predicted molar refractivity (Wildman–Crippen MR) is 39.6 cm³/mol. The van der Waals surface area contributed by atoms with E-state index in [1.165, 1.54) is 0 Å². The normalized spacial score (nSPS) is 52.9. The minimum Gasteiger partial charge on any atom is -0.481 e. The predicted octanol–water partition coefficient (Wildman–Crippen LogP) is -1.06. The summed E-state index contributed by atoms with van der Waals surface area (Å²) in [5.41, 5.74) is 0. The molecule has 6 heteroatoms. The summed E-state index contributed by atoms with van der Waals surface area (Å²) in [5.74, 6) is -4.14. The molecule has 6 nitrogen and oxygen atoms in total. The molecule has 0 saturated carbocycles. The number of fused-ring (bicyclic) bond motifs is 5. The van der Waals surface area contributed by atoms with E-state index in [1.807, 2.05) is 0 Å². The van der Waals surface area contributed by atoms with E-state index in [-0.39, 0.29) is 12.2 Å². The van der Waals surface area contributed by atoms with Gasteiger partial charge >= 0.3 is 11.9 Å². The molecule has 0 unspecified atom stereocenters. The number of carboxylic acid groups (broad SMARTS) is 2. The summed E-state index contributed by atoms with van der Waals surface area (Å²) in [6, 6.07) is 0. The summed E-state index contributed by atoms with van der Waals surface area (Å²) in [6.45, 7) is 0. The molecule has 6 atom stereocenters. The third kappa shape index (κ3) is 0.777. The first-order valence-corrected chi connectivity index (χ1v) is 4.38. The van der Waals surface area contributed by atoms with E-state index in [9.17, 15) is 9.59 Å². The Labute approximate surface area is 78.4 Å². The summed E-state index contributed by atoms with van der Waals surface area (Å²) < 4.78 is 10.4. The molecule has 0 aromatic rings. The van der Waals surface area contributed by atoms with Gasteiger partial charge in [-0.2, -0.15) is 0 Å². The highest BCUT2D eigenvalue weighted by molar-refractivity contribution is 5.82. The first-order chi connectivity index (χ1) is 6.61. The largest absolute Gasteiger partial charge is 0.481 e. The molecule has 0 aliphatic carbocycles. The lowest BCUT2D eigenvalue weighted by molar-refractivity contribution is -0.153. The topological polar surface area (TPSA) is 96.4 Å². The van der Waals surface area contributed by atoms with Gasteiger partial charge in [0.05, 0.1) is 0 Å². The summed E-state index contributed by atoms with van der Waals surface area (Å²) in [7, 11) is 0. The maximum atomic E-state index is 10.9. The Morgan fingerprint density at radius 3 is 1.50 bits per heavy atom. The molecular formula is C8H8O6. The second-order valence-corrected chi connectivity index (χ2v) is 3.86. The molecule has 3 rings (SSSR count). The molecule has 0 radical (unpaired) electrons. The first-order valence-electron chi connectivity index (χ1n) is 4.38. The van der Waals surface area contributed by atoms with Gasteiger partial charge in [0, 0.05) is 0 Å². The van der Waals surface area contributed by atoms with Crippen molar-refractivity contribution >= 4 is 11.9 Å². The monoisotopic (exact) mass is 200 g/mol. The van der Waals surface area contributed by atoms with Gasteiger partial charge in [0.15, 0.2) is 0 Å². The van der Waals surface area contributed by atoms with Gasteiger partial charge in [0.25, 0.3) is 0 Å². The number of ether oxygens (including phenoxy) is 2. The number of carbonyl (C=O) groups is 2. The van der Waals surface area contributed by atoms with E-state index in [1.54, 1.807) is 0 Å². The van der Waals surface area contributed by atoms with Crippen LogP contribution in [0.4, 0.5) is 0 Å². The first kappa shape index (κ1) is 8.19. The zero-order valence-electron chi connectivity index (χ0n) is 6.99. The molecule has 0 amide bonds. The number of aliphatic carboxylic acids is 2. The highest BCUT2D eigenvalue weighted by Gasteiger charge is 2.72. The SMILES string of the molecule is O=C(O)[C@@H]1[C@H]2O[C@@H]([C@@H]3O[C@@H]32)[C@@H]1C(=O)O. The van der Waals surface area contributed by atoms with Gasteiger partial charge in [-0.05, 0) is 0 Å². The Morgan fingerprint density at radius 1 is 0.786 bits per heavy atom. The van der Waals surface area contributed by atoms with Crippen LogP contribution in [0, 0.1) is 11.8 Å². The molecule has 14 heavy (non-hydrogen) atoms. The zero-order valence-corrected chi connectivity index (χ0v) is 6.99. The molecule has 0 aromatic heterocycles. The van der Waals surface area contributed by atoms with Crippen molar-refractivity contribution in [2.24, 2.45) is 11.8 Å². The molecule has 3 fully saturated rings. The van der Waals surface area contributed by atoms with Gasteiger partial charge in [-0.15, -0.1) is 0 Å². The van der Waals surface area contributed by atoms with Crippen molar-refractivity contribution in [3.63, 3.8) is 0 Å². The van der Waals surface area contributed by atoms with Gasteiger partial charge in [0.1, 0.15) is 36.3 Å². The van der Waals surface area contributed by atoms with E-state index in [0.29, 0.717) is 0 Å². The van der Waals surface area contributed by atoms with Crippen LogP contribution in [0.1, 0.15) is 0 Å². The fourth-order valence-electron chi connectivity index (χ4n) is 2.58. The van der Waals surface area contributed by atoms with Crippen LogP contribution in [0.15, 0.2) is 0 Å². The van der Waals surface area contributed by atoms with Gasteiger partial charge < -0.3 is 19.7 Å². The van der Waals surface area contributed by atoms with Crippen LogP contribution < -0.4 is 0 Å². The summed E-state index contributed by atoms with van der Waals surface area (Å²) in [6.07, 6.45) is -1.50. The molecule has 3 saturated heterocycles. The average Bonchev–Trinajstić information content (AvgIpc) is 2.71. The van der Waals surface area contributed by atoms with Crippen molar-refractivity contribution in [2.45, 2.75) is 24.4 Å². The second-order valence-electron chi connectivity index (χ2n) is 3.86. The van der Waals surface area contributed by atoms with Crippen LogP contribution >= 0.6 is 0 Å². The summed E-state index contributed by atoms with van der Waals surface area (Å²) in [4.78, 5) is 21.7. The van der Waals surface area contributed by atoms with E-state index in [2.05, 4.69) is 0 Å². The fraction of sp³-hybridized carbons (Fsp3) is 0.750. The van der Waals surface area contributed by atoms with Gasteiger partial charge in [-0.1, -0.05) is 0 Å². The van der Waals surface area contributed by atoms with Crippen LogP contribution in [0.5, 0.6) is 0 Å². The quantitative estimate of drug-likeness (QED) is 0.551. The molecule has 0 aromatic carbocycles. The van der Waals surface area contributed by atoms with E-state index >= 15 is 0 Å². The lowest BCUT2D eigenvalue weighted by atomic mass is 9.79. The van der Waals surface area contributed by atoms with Crippen LogP contribution in [0.2, 0.25) is 0 Å². The fourth-order valence-corrected chi connectivity index (χ4v) is 2.58. The Bertz CT molecular complexity index is 296. The molecule has 3 heterocycles. The van der Waals surface area contributed by atoms with Gasteiger partial charge in [-0.25, -0.2) is 0 Å². The lowest BCUT2D eigenvalue weighted by Crippen LogP contribution is -2.41. The standard InChI is InChI=1S/C8H8O6/c9-7(10)1-2(8(11)12)4-6-5(14-6)3(1)13-4/h1-6H,(H,9,10)(H,11,12)/t1-,2+,3-,4-,5+,6-/m1/s1. The van der Waals surface area contributed by atoms with Crippen molar-refractivity contribution in [1.82, 2.24) is 0 Å². The maximum absolute atomic E-state index is 10.9. The zero-order chi connectivity index (χ0) is 10.0. The third-order valence-corrected chi connectivity index (χ3v) is 3.19. The molecular weight excluding hydrogens is 192 g/mol. The summed E-state index contributed by atoms with van der Waals surface area (Å²) >= 11 is 0. The van der Waals surface area contributed by atoms with E-state index < -0.39 is 36.0 Å². The Balaban J connectivity index is 1.95. The van der Waals surface area contributed by atoms with Crippen molar-refractivity contribution in [3.05, 3.63) is 0 Å². The number of carboxylic acids is 2. The van der Waals surface area contributed by atoms with Gasteiger partial charge in [-0.3, -0.25) is 9.59 Å². The van der Waals surface area contributed by atoms with Crippen molar-refractivity contribution in [2.75, 3.05) is 0 Å². The van der Waals surface area contributed by atoms with Crippen molar-refractivity contribution in [3.8, 4) is 0 Å². The second kappa shape index (κ2) is 2.26.